The van der Waals surface area contributed by atoms with Gasteiger partial charge in [-0.3, -0.25) is 19.4 Å². The quantitative estimate of drug-likeness (QED) is 0.641. The minimum atomic E-state index is -0.625. The molecule has 1 saturated heterocycles. The van der Waals surface area contributed by atoms with E-state index in [-0.39, 0.29) is 34.8 Å². The largest absolute Gasteiger partial charge is 0.339 e. The zero-order chi connectivity index (χ0) is 22.9. The lowest BCUT2D eigenvalue weighted by atomic mass is 9.83. The number of Topliss-reactive ketones (excluding diaryl/α,β-unsaturated/α-hetero) is 1. The number of fused-ring (bicyclic) bond motifs is 1. The van der Waals surface area contributed by atoms with Crippen LogP contribution in [0.25, 0.3) is 10.4 Å². The Balaban J connectivity index is 1.37. The Morgan fingerprint density at radius 2 is 1.85 bits per heavy atom. The molecule has 1 N–H and O–H groups in total. The smallest absolute Gasteiger partial charge is 0.262 e. The van der Waals surface area contributed by atoms with Crippen LogP contribution in [0.3, 0.4) is 0 Å². The third-order valence-electron chi connectivity index (χ3n) is 7.38. The number of hydrogen-bond acceptors (Lipinski definition) is 5. The summed E-state index contributed by atoms with van der Waals surface area (Å²) >= 11 is 7.94. The summed E-state index contributed by atoms with van der Waals surface area (Å²) in [6.07, 6.45) is 9.76. The van der Waals surface area contributed by atoms with E-state index < -0.39 is 12.1 Å². The van der Waals surface area contributed by atoms with Gasteiger partial charge in [-0.05, 0) is 55.0 Å². The van der Waals surface area contributed by atoms with Gasteiger partial charge in [0.15, 0.2) is 5.78 Å². The Kier molecular flexibility index (Phi) is 6.52. The molecule has 2 saturated carbocycles. The van der Waals surface area contributed by atoms with E-state index in [1.54, 1.807) is 23.4 Å². The summed E-state index contributed by atoms with van der Waals surface area (Å²) in [5, 5.41) is 2.87. The number of amides is 2. The Morgan fingerprint density at radius 1 is 1.09 bits per heavy atom. The van der Waals surface area contributed by atoms with Crippen molar-refractivity contribution >= 4 is 40.5 Å². The highest BCUT2D eigenvalue weighted by molar-refractivity contribution is 7.17. The van der Waals surface area contributed by atoms with E-state index >= 15 is 0 Å². The molecule has 33 heavy (non-hydrogen) atoms. The van der Waals surface area contributed by atoms with E-state index in [2.05, 4.69) is 10.3 Å². The van der Waals surface area contributed by atoms with Crippen molar-refractivity contribution in [1.82, 2.24) is 15.2 Å². The molecule has 0 bridgehead atoms. The predicted molar refractivity (Wildman–Crippen MR) is 128 cm³/mol. The number of likely N-dealkylation sites (tertiary alicyclic amines) is 1. The molecule has 0 unspecified atom stereocenters. The van der Waals surface area contributed by atoms with Gasteiger partial charge < -0.3 is 10.2 Å². The van der Waals surface area contributed by atoms with Gasteiger partial charge in [0.25, 0.3) is 5.91 Å². The Hall–Kier alpha value is -2.25. The number of rotatable bonds is 5. The number of nitrogens with one attached hydrogen (secondary N) is 1. The third kappa shape index (κ3) is 4.45. The Labute approximate surface area is 202 Å². The van der Waals surface area contributed by atoms with Gasteiger partial charge >= 0.3 is 0 Å². The van der Waals surface area contributed by atoms with Gasteiger partial charge in [-0.2, -0.15) is 0 Å². The SMILES string of the molecule is O=C(N[C@H](C(=O)N1C[C@H](Cl)[C@H]2CCC(=O)[C@H]21)C1CCCCC1)c1ccc(-c2ccncc2)s1. The van der Waals surface area contributed by atoms with E-state index in [0.717, 1.165) is 49.0 Å². The molecule has 0 radical (unpaired) electrons. The lowest BCUT2D eigenvalue weighted by molar-refractivity contribution is -0.140. The molecule has 6 nitrogen and oxygen atoms in total. The first-order chi connectivity index (χ1) is 16.0. The third-order valence-corrected chi connectivity index (χ3v) is 8.98. The number of nitrogens with zero attached hydrogens (tertiary/aromatic N) is 2. The van der Waals surface area contributed by atoms with Crippen molar-refractivity contribution < 1.29 is 14.4 Å². The van der Waals surface area contributed by atoms with Crippen molar-refractivity contribution in [3.63, 3.8) is 0 Å². The van der Waals surface area contributed by atoms with E-state index in [0.29, 0.717) is 17.8 Å². The topological polar surface area (TPSA) is 79.4 Å². The Bertz CT molecular complexity index is 1040. The average molecular weight is 486 g/mol. The minimum Gasteiger partial charge on any atom is -0.339 e. The molecule has 8 heteroatoms. The van der Waals surface area contributed by atoms with Crippen LogP contribution >= 0.6 is 22.9 Å². The number of thiophene rings is 1. The maximum absolute atomic E-state index is 13.8. The normalized spacial score (nSPS) is 26.3. The second kappa shape index (κ2) is 9.55. The lowest BCUT2D eigenvalue weighted by Crippen LogP contribution is -2.55. The maximum atomic E-state index is 13.8. The predicted octanol–water partition coefficient (Wildman–Crippen LogP) is 4.29. The minimum absolute atomic E-state index is 0.0334. The van der Waals surface area contributed by atoms with E-state index in [4.69, 9.17) is 11.6 Å². The molecule has 2 aromatic rings. The van der Waals surface area contributed by atoms with Crippen LogP contribution in [0.5, 0.6) is 0 Å². The van der Waals surface area contributed by atoms with Crippen molar-refractivity contribution in [3.8, 4) is 10.4 Å². The van der Waals surface area contributed by atoms with Crippen LogP contribution < -0.4 is 5.32 Å². The fourth-order valence-electron chi connectivity index (χ4n) is 5.67. The van der Waals surface area contributed by atoms with Gasteiger partial charge in [0.1, 0.15) is 6.04 Å². The fraction of sp³-hybridized carbons (Fsp3) is 0.520. The molecule has 4 atom stereocenters. The summed E-state index contributed by atoms with van der Waals surface area (Å²) in [7, 11) is 0. The van der Waals surface area contributed by atoms with Gasteiger partial charge in [0, 0.05) is 36.2 Å². The molecule has 174 valence electrons. The summed E-state index contributed by atoms with van der Waals surface area (Å²) in [4.78, 5) is 46.8. The molecule has 0 spiro atoms. The van der Waals surface area contributed by atoms with Crippen molar-refractivity contribution in [2.24, 2.45) is 11.8 Å². The molecule has 0 aromatic carbocycles. The molecule has 2 aliphatic carbocycles. The molecule has 3 heterocycles. The highest BCUT2D eigenvalue weighted by Gasteiger charge is 2.52. The summed E-state index contributed by atoms with van der Waals surface area (Å²) < 4.78 is 0. The zero-order valence-corrected chi connectivity index (χ0v) is 20.0. The van der Waals surface area contributed by atoms with Crippen LogP contribution in [0.2, 0.25) is 0 Å². The van der Waals surface area contributed by atoms with Crippen molar-refractivity contribution in [2.45, 2.75) is 62.4 Å². The first kappa shape index (κ1) is 22.5. The standard InChI is InChI=1S/C25H28ClN3O3S/c26-18-14-29(23-17(18)6-7-19(23)30)25(32)22(16-4-2-1-3-5-16)28-24(31)21-9-8-20(33-21)15-10-12-27-13-11-15/h8-13,16-18,22-23H,1-7,14H2,(H,28,31)/t17-,18+,22+,23+/m1/s1. The first-order valence-electron chi connectivity index (χ1n) is 11.8. The highest BCUT2D eigenvalue weighted by atomic mass is 35.5. The number of hydrogen-bond donors (Lipinski definition) is 1. The van der Waals surface area contributed by atoms with Crippen LogP contribution in [0.4, 0.5) is 0 Å². The summed E-state index contributed by atoms with van der Waals surface area (Å²) in [5.74, 6) is -0.162. The van der Waals surface area contributed by atoms with Crippen LogP contribution in [0.15, 0.2) is 36.7 Å². The van der Waals surface area contributed by atoms with Crippen LogP contribution in [0, 0.1) is 11.8 Å². The van der Waals surface area contributed by atoms with Crippen LogP contribution in [0.1, 0.15) is 54.6 Å². The van der Waals surface area contributed by atoms with Crippen LogP contribution in [-0.4, -0.2) is 51.5 Å². The van der Waals surface area contributed by atoms with Crippen molar-refractivity contribution in [3.05, 3.63) is 41.5 Å². The summed E-state index contributed by atoms with van der Waals surface area (Å²) in [5.41, 5.74) is 1.00. The second-order valence-electron chi connectivity index (χ2n) is 9.37. The first-order valence-corrected chi connectivity index (χ1v) is 13.1. The molecule has 2 amide bonds. The van der Waals surface area contributed by atoms with Gasteiger partial charge in [-0.25, -0.2) is 0 Å². The number of alkyl halides is 1. The Morgan fingerprint density at radius 3 is 2.61 bits per heavy atom. The van der Waals surface area contributed by atoms with E-state index in [1.807, 2.05) is 18.2 Å². The number of ketones is 1. The van der Waals surface area contributed by atoms with Gasteiger partial charge in [0.05, 0.1) is 16.3 Å². The molecule has 5 rings (SSSR count). The number of carbonyl (C=O) groups is 3. The fourth-order valence-corrected chi connectivity index (χ4v) is 7.00. The summed E-state index contributed by atoms with van der Waals surface area (Å²) in [6.45, 7) is 0.381. The van der Waals surface area contributed by atoms with Crippen LogP contribution in [-0.2, 0) is 9.59 Å². The zero-order valence-electron chi connectivity index (χ0n) is 18.4. The molecule has 3 aliphatic rings. The molecular formula is C25H28ClN3O3S. The highest BCUT2D eigenvalue weighted by Crippen LogP contribution is 2.40. The lowest BCUT2D eigenvalue weighted by Gasteiger charge is -2.34. The molecular weight excluding hydrogens is 458 g/mol. The van der Waals surface area contributed by atoms with E-state index in [9.17, 15) is 14.4 Å². The number of aromatic nitrogens is 1. The van der Waals surface area contributed by atoms with Gasteiger partial charge in [0.2, 0.25) is 5.91 Å². The molecule has 2 aromatic heterocycles. The van der Waals surface area contributed by atoms with Gasteiger partial charge in [-0.1, -0.05) is 19.3 Å². The number of halogens is 1. The van der Waals surface area contributed by atoms with Gasteiger partial charge in [-0.15, -0.1) is 22.9 Å². The number of pyridine rings is 1. The monoisotopic (exact) mass is 485 g/mol. The molecule has 3 fully saturated rings. The van der Waals surface area contributed by atoms with E-state index in [1.165, 1.54) is 11.3 Å². The maximum Gasteiger partial charge on any atom is 0.262 e. The van der Waals surface area contributed by atoms with Crippen molar-refractivity contribution in [2.75, 3.05) is 6.54 Å². The summed E-state index contributed by atoms with van der Waals surface area (Å²) in [6, 6.07) is 6.49. The van der Waals surface area contributed by atoms with Crippen molar-refractivity contribution in [1.29, 1.82) is 0 Å². The number of carbonyl (C=O) groups excluding carboxylic acids is 3. The average Bonchev–Trinajstić information content (AvgIpc) is 3.56. The second-order valence-corrected chi connectivity index (χ2v) is 11.0. The molecule has 1 aliphatic heterocycles.